The second-order valence-corrected chi connectivity index (χ2v) is 4.85. The Kier molecular flexibility index (Phi) is 3.61. The number of carboxylic acids is 1. The number of aromatic carboxylic acids is 1. The zero-order chi connectivity index (χ0) is 11.4. The Bertz CT molecular complexity index is 380. The molecular weight excluding hydrogens is 226 g/mol. The van der Waals surface area contributed by atoms with E-state index < -0.39 is 5.97 Å². The molecule has 0 radical (unpaired) electrons. The Balaban J connectivity index is 2.02. The highest BCUT2D eigenvalue weighted by Crippen LogP contribution is 2.19. The molecule has 2 N–H and O–H groups in total. The van der Waals surface area contributed by atoms with Crippen LogP contribution in [0.2, 0.25) is 0 Å². The molecule has 1 aliphatic heterocycles. The minimum absolute atomic E-state index is 0.0183. The van der Waals surface area contributed by atoms with Crippen molar-refractivity contribution >= 4 is 23.5 Å². The lowest BCUT2D eigenvalue weighted by Crippen LogP contribution is -2.25. The Morgan fingerprint density at radius 2 is 2.19 bits per heavy atom. The van der Waals surface area contributed by atoms with E-state index in [-0.39, 0.29) is 5.69 Å². The third kappa shape index (κ3) is 2.85. The van der Waals surface area contributed by atoms with Crippen LogP contribution in [0.1, 0.15) is 23.3 Å². The molecule has 0 atom stereocenters. The first-order chi connectivity index (χ1) is 7.75. The summed E-state index contributed by atoms with van der Waals surface area (Å²) in [7, 11) is 0. The smallest absolute Gasteiger partial charge is 0.356 e. The van der Waals surface area contributed by atoms with E-state index in [0.29, 0.717) is 11.9 Å². The van der Waals surface area contributed by atoms with E-state index in [0.717, 1.165) is 24.3 Å². The third-order valence-corrected chi connectivity index (χ3v) is 3.48. The number of hydrogen-bond donors (Lipinski definition) is 2. The molecule has 0 bridgehead atoms. The van der Waals surface area contributed by atoms with E-state index >= 15 is 0 Å². The zero-order valence-electron chi connectivity index (χ0n) is 8.72. The molecular formula is C10H13N3O2S. The van der Waals surface area contributed by atoms with Gasteiger partial charge in [0.25, 0.3) is 0 Å². The SMILES string of the molecule is O=C(O)c1cncc(NC2CCSCC2)n1. The maximum absolute atomic E-state index is 10.7. The summed E-state index contributed by atoms with van der Waals surface area (Å²) >= 11 is 1.95. The summed E-state index contributed by atoms with van der Waals surface area (Å²) in [5.74, 6) is 1.79. The van der Waals surface area contributed by atoms with Crippen molar-refractivity contribution in [2.24, 2.45) is 0 Å². The van der Waals surface area contributed by atoms with Crippen LogP contribution < -0.4 is 5.32 Å². The molecule has 2 heterocycles. The molecule has 0 unspecified atom stereocenters. The zero-order valence-corrected chi connectivity index (χ0v) is 9.54. The van der Waals surface area contributed by atoms with Crippen LogP contribution in [0.5, 0.6) is 0 Å². The van der Waals surface area contributed by atoms with E-state index in [1.807, 2.05) is 11.8 Å². The van der Waals surface area contributed by atoms with E-state index in [1.165, 1.54) is 6.20 Å². The molecule has 0 amide bonds. The minimum Gasteiger partial charge on any atom is -0.476 e. The summed E-state index contributed by atoms with van der Waals surface area (Å²) in [4.78, 5) is 18.6. The Hall–Kier alpha value is -1.30. The second-order valence-electron chi connectivity index (χ2n) is 3.63. The van der Waals surface area contributed by atoms with Crippen LogP contribution in [-0.2, 0) is 0 Å². The first kappa shape index (κ1) is 11.2. The monoisotopic (exact) mass is 239 g/mol. The topological polar surface area (TPSA) is 75.1 Å². The summed E-state index contributed by atoms with van der Waals surface area (Å²) in [6.45, 7) is 0. The van der Waals surface area contributed by atoms with Crippen molar-refractivity contribution in [3.05, 3.63) is 18.1 Å². The molecule has 1 aromatic heterocycles. The molecule has 6 heteroatoms. The average Bonchev–Trinajstić information content (AvgIpc) is 2.30. The van der Waals surface area contributed by atoms with Gasteiger partial charge in [-0.05, 0) is 24.3 Å². The van der Waals surface area contributed by atoms with Crippen molar-refractivity contribution in [3.8, 4) is 0 Å². The van der Waals surface area contributed by atoms with Crippen LogP contribution >= 0.6 is 11.8 Å². The van der Waals surface area contributed by atoms with Crippen molar-refractivity contribution in [3.63, 3.8) is 0 Å². The molecule has 1 saturated heterocycles. The number of aromatic nitrogens is 2. The van der Waals surface area contributed by atoms with Gasteiger partial charge in [0.1, 0.15) is 5.82 Å². The van der Waals surface area contributed by atoms with Crippen molar-refractivity contribution in [2.45, 2.75) is 18.9 Å². The Morgan fingerprint density at radius 3 is 2.88 bits per heavy atom. The first-order valence-corrected chi connectivity index (χ1v) is 6.31. The summed E-state index contributed by atoms with van der Waals surface area (Å²) in [5.41, 5.74) is -0.0183. The van der Waals surface area contributed by atoms with Crippen LogP contribution in [0.4, 0.5) is 5.82 Å². The minimum atomic E-state index is -1.05. The number of nitrogens with zero attached hydrogens (tertiary/aromatic N) is 2. The van der Waals surface area contributed by atoms with Crippen LogP contribution in [0, 0.1) is 0 Å². The first-order valence-electron chi connectivity index (χ1n) is 5.15. The van der Waals surface area contributed by atoms with E-state index in [4.69, 9.17) is 5.11 Å². The molecule has 1 aromatic rings. The number of carbonyl (C=O) groups is 1. The fourth-order valence-electron chi connectivity index (χ4n) is 1.59. The van der Waals surface area contributed by atoms with Crippen LogP contribution in [0.3, 0.4) is 0 Å². The molecule has 0 aromatic carbocycles. The van der Waals surface area contributed by atoms with Crippen molar-refractivity contribution in [1.82, 2.24) is 9.97 Å². The summed E-state index contributed by atoms with van der Waals surface area (Å²) in [5, 5.41) is 12.0. The van der Waals surface area contributed by atoms with Gasteiger partial charge < -0.3 is 10.4 Å². The number of hydrogen-bond acceptors (Lipinski definition) is 5. The molecule has 2 rings (SSSR count). The normalized spacial score (nSPS) is 17.0. The summed E-state index contributed by atoms with van der Waals surface area (Å²) in [6, 6.07) is 0.389. The number of carboxylic acid groups (broad SMARTS) is 1. The fourth-order valence-corrected chi connectivity index (χ4v) is 2.70. The highest BCUT2D eigenvalue weighted by molar-refractivity contribution is 7.99. The number of thioether (sulfide) groups is 1. The van der Waals surface area contributed by atoms with Gasteiger partial charge in [-0.15, -0.1) is 0 Å². The quantitative estimate of drug-likeness (QED) is 0.832. The van der Waals surface area contributed by atoms with Gasteiger partial charge in [0.2, 0.25) is 0 Å². The molecule has 16 heavy (non-hydrogen) atoms. The predicted molar refractivity (Wildman–Crippen MR) is 63.0 cm³/mol. The highest BCUT2D eigenvalue weighted by Gasteiger charge is 2.14. The average molecular weight is 239 g/mol. The van der Waals surface area contributed by atoms with Gasteiger partial charge >= 0.3 is 5.97 Å². The number of rotatable bonds is 3. The lowest BCUT2D eigenvalue weighted by Gasteiger charge is -2.22. The molecule has 0 spiro atoms. The number of anilines is 1. The van der Waals surface area contributed by atoms with Gasteiger partial charge in [0.15, 0.2) is 5.69 Å². The maximum Gasteiger partial charge on any atom is 0.356 e. The van der Waals surface area contributed by atoms with Crippen molar-refractivity contribution in [2.75, 3.05) is 16.8 Å². The van der Waals surface area contributed by atoms with Gasteiger partial charge in [-0.2, -0.15) is 11.8 Å². The van der Waals surface area contributed by atoms with Crippen molar-refractivity contribution in [1.29, 1.82) is 0 Å². The maximum atomic E-state index is 10.7. The molecule has 86 valence electrons. The largest absolute Gasteiger partial charge is 0.476 e. The second kappa shape index (κ2) is 5.16. The Morgan fingerprint density at radius 1 is 1.44 bits per heavy atom. The van der Waals surface area contributed by atoms with Gasteiger partial charge in [0, 0.05) is 6.04 Å². The lowest BCUT2D eigenvalue weighted by atomic mass is 10.1. The highest BCUT2D eigenvalue weighted by atomic mass is 32.2. The predicted octanol–water partition coefficient (Wildman–Crippen LogP) is 1.48. The van der Waals surface area contributed by atoms with Gasteiger partial charge in [-0.3, -0.25) is 4.98 Å². The van der Waals surface area contributed by atoms with Gasteiger partial charge in [0.05, 0.1) is 12.4 Å². The fraction of sp³-hybridized carbons (Fsp3) is 0.500. The molecule has 0 aliphatic carbocycles. The summed E-state index contributed by atoms with van der Waals surface area (Å²) in [6.07, 6.45) is 4.99. The third-order valence-electron chi connectivity index (χ3n) is 2.43. The number of nitrogens with one attached hydrogen (secondary N) is 1. The molecule has 5 nitrogen and oxygen atoms in total. The van der Waals surface area contributed by atoms with Gasteiger partial charge in [-0.25, -0.2) is 9.78 Å². The van der Waals surface area contributed by atoms with Crippen LogP contribution in [0.15, 0.2) is 12.4 Å². The van der Waals surface area contributed by atoms with Crippen LogP contribution in [-0.4, -0.2) is 38.6 Å². The van der Waals surface area contributed by atoms with E-state index in [1.54, 1.807) is 6.20 Å². The summed E-state index contributed by atoms with van der Waals surface area (Å²) < 4.78 is 0. The molecule has 1 aliphatic rings. The van der Waals surface area contributed by atoms with E-state index in [9.17, 15) is 4.79 Å². The standard InChI is InChI=1S/C10H13N3O2S/c14-10(15)8-5-11-6-9(13-8)12-7-1-3-16-4-2-7/h5-7H,1-4H2,(H,12,13)(H,14,15). The molecule has 1 fully saturated rings. The van der Waals surface area contributed by atoms with Crippen molar-refractivity contribution < 1.29 is 9.90 Å². The van der Waals surface area contributed by atoms with Crippen LogP contribution in [0.25, 0.3) is 0 Å². The van der Waals surface area contributed by atoms with Gasteiger partial charge in [-0.1, -0.05) is 0 Å². The lowest BCUT2D eigenvalue weighted by molar-refractivity contribution is 0.0690. The van der Waals surface area contributed by atoms with E-state index in [2.05, 4.69) is 15.3 Å². The Labute approximate surface area is 97.7 Å². The molecule has 0 saturated carbocycles.